The predicted octanol–water partition coefficient (Wildman–Crippen LogP) is 0.521. The normalized spacial score (nSPS) is 13.2. The van der Waals surface area contributed by atoms with Crippen molar-refractivity contribution in [3.63, 3.8) is 0 Å². The summed E-state index contributed by atoms with van der Waals surface area (Å²) in [6, 6.07) is 0. The van der Waals surface area contributed by atoms with Crippen molar-refractivity contribution in [1.29, 1.82) is 0 Å². The first-order chi connectivity index (χ1) is 8.56. The summed E-state index contributed by atoms with van der Waals surface area (Å²) in [6.07, 6.45) is 1.70. The average molecular weight is 254 g/mol. The molecule has 0 bridgehead atoms. The highest BCUT2D eigenvalue weighted by Crippen LogP contribution is 2.03. The Morgan fingerprint density at radius 3 is 2.61 bits per heavy atom. The van der Waals surface area contributed by atoms with Gasteiger partial charge in [-0.25, -0.2) is 0 Å². The van der Waals surface area contributed by atoms with Crippen LogP contribution in [0, 0.1) is 6.92 Å². The summed E-state index contributed by atoms with van der Waals surface area (Å²) in [4.78, 5) is 2.22. The van der Waals surface area contributed by atoms with Crippen molar-refractivity contribution < 1.29 is 5.11 Å². The number of rotatable bonds is 8. The highest BCUT2D eigenvalue weighted by Gasteiger charge is 2.09. The molecule has 5 heteroatoms. The van der Waals surface area contributed by atoms with Gasteiger partial charge in [0.25, 0.3) is 0 Å². The Balaban J connectivity index is 2.27. The summed E-state index contributed by atoms with van der Waals surface area (Å²) in [5.74, 6) is 0. The van der Waals surface area contributed by atoms with Gasteiger partial charge in [0.2, 0.25) is 0 Å². The predicted molar refractivity (Wildman–Crippen MR) is 73.4 cm³/mol. The first kappa shape index (κ1) is 15.1. The van der Waals surface area contributed by atoms with Gasteiger partial charge in [-0.15, -0.1) is 0 Å². The molecule has 0 spiro atoms. The van der Waals surface area contributed by atoms with Crippen LogP contribution in [0.5, 0.6) is 0 Å². The summed E-state index contributed by atoms with van der Waals surface area (Å²) in [5.41, 5.74) is 2.23. The van der Waals surface area contributed by atoms with Crippen molar-refractivity contribution in [1.82, 2.24) is 20.0 Å². The minimum atomic E-state index is -0.318. The van der Waals surface area contributed by atoms with E-state index in [1.54, 1.807) is 0 Å². The molecule has 0 saturated carbocycles. The molecule has 1 aromatic heterocycles. The smallest absolute Gasteiger partial charge is 0.0791 e. The lowest BCUT2D eigenvalue weighted by Gasteiger charge is -2.22. The molecule has 0 fully saturated rings. The molecule has 1 heterocycles. The summed E-state index contributed by atoms with van der Waals surface area (Å²) in [7, 11) is 1.92. The van der Waals surface area contributed by atoms with Gasteiger partial charge in [-0.2, -0.15) is 5.10 Å². The molecule has 0 aliphatic carbocycles. The molecular formula is C13H26N4O. The molecule has 0 radical (unpaired) electrons. The van der Waals surface area contributed by atoms with Crippen molar-refractivity contribution in [3.05, 3.63) is 17.5 Å². The fraction of sp³-hybridized carbons (Fsp3) is 0.769. The zero-order chi connectivity index (χ0) is 13.5. The zero-order valence-electron chi connectivity index (χ0n) is 12.0. The van der Waals surface area contributed by atoms with Crippen LogP contribution in [-0.4, -0.2) is 52.1 Å². The quantitative estimate of drug-likeness (QED) is 0.710. The number of aliphatic hydroxyl groups excluding tert-OH is 1. The average Bonchev–Trinajstić information content (AvgIpc) is 2.65. The molecule has 5 nitrogen and oxygen atoms in total. The second kappa shape index (κ2) is 7.51. The number of aliphatic hydroxyl groups is 1. The first-order valence-corrected chi connectivity index (χ1v) is 6.67. The topological polar surface area (TPSA) is 53.3 Å². The molecule has 104 valence electrons. The van der Waals surface area contributed by atoms with E-state index in [9.17, 15) is 5.11 Å². The molecule has 1 aromatic rings. The van der Waals surface area contributed by atoms with Crippen LogP contribution in [0.2, 0.25) is 0 Å². The molecule has 0 amide bonds. The van der Waals surface area contributed by atoms with Gasteiger partial charge >= 0.3 is 0 Å². The molecule has 0 aliphatic rings. The highest BCUT2D eigenvalue weighted by molar-refractivity contribution is 5.14. The van der Waals surface area contributed by atoms with Crippen LogP contribution in [-0.2, 0) is 13.6 Å². The van der Waals surface area contributed by atoms with Crippen molar-refractivity contribution in [2.24, 2.45) is 7.05 Å². The zero-order valence-corrected chi connectivity index (χ0v) is 12.0. The molecule has 0 aliphatic heterocycles. The van der Waals surface area contributed by atoms with Crippen molar-refractivity contribution in [2.75, 3.05) is 26.2 Å². The van der Waals surface area contributed by atoms with Crippen molar-refractivity contribution in [2.45, 2.75) is 33.4 Å². The number of likely N-dealkylation sites (N-methyl/N-ethyl adjacent to an activating group) is 1. The molecular weight excluding hydrogens is 228 g/mol. The van der Waals surface area contributed by atoms with Gasteiger partial charge in [0, 0.05) is 38.4 Å². The van der Waals surface area contributed by atoms with E-state index < -0.39 is 0 Å². The SMILES string of the molecule is CCN(CC)CC(O)CNCc1cn(C)nc1C. The van der Waals surface area contributed by atoms with E-state index in [0.717, 1.165) is 31.9 Å². The van der Waals surface area contributed by atoms with E-state index in [1.165, 1.54) is 5.56 Å². The van der Waals surface area contributed by atoms with E-state index in [1.807, 2.05) is 24.9 Å². The molecule has 0 saturated heterocycles. The van der Waals surface area contributed by atoms with Gasteiger partial charge in [0.05, 0.1) is 11.8 Å². The van der Waals surface area contributed by atoms with E-state index in [-0.39, 0.29) is 6.10 Å². The van der Waals surface area contributed by atoms with Crippen LogP contribution in [0.4, 0.5) is 0 Å². The lowest BCUT2D eigenvalue weighted by molar-refractivity contribution is 0.116. The first-order valence-electron chi connectivity index (χ1n) is 6.67. The minimum Gasteiger partial charge on any atom is -0.390 e. The minimum absolute atomic E-state index is 0.318. The number of hydrogen-bond donors (Lipinski definition) is 2. The monoisotopic (exact) mass is 254 g/mol. The fourth-order valence-electron chi connectivity index (χ4n) is 2.04. The third-order valence-electron chi connectivity index (χ3n) is 3.17. The number of nitrogens with zero attached hydrogens (tertiary/aromatic N) is 3. The van der Waals surface area contributed by atoms with Crippen molar-refractivity contribution >= 4 is 0 Å². The third-order valence-corrected chi connectivity index (χ3v) is 3.17. The lowest BCUT2D eigenvalue weighted by Crippen LogP contribution is -2.38. The number of hydrogen-bond acceptors (Lipinski definition) is 4. The van der Waals surface area contributed by atoms with Crippen LogP contribution in [0.1, 0.15) is 25.1 Å². The maximum atomic E-state index is 9.91. The molecule has 18 heavy (non-hydrogen) atoms. The second-order valence-corrected chi connectivity index (χ2v) is 4.68. The van der Waals surface area contributed by atoms with Gasteiger partial charge < -0.3 is 15.3 Å². The Hall–Kier alpha value is -0.910. The van der Waals surface area contributed by atoms with Crippen LogP contribution in [0.15, 0.2) is 6.20 Å². The maximum absolute atomic E-state index is 9.91. The van der Waals surface area contributed by atoms with E-state index >= 15 is 0 Å². The standard InChI is InChI=1S/C13H26N4O/c1-5-17(6-2)10-13(18)8-14-7-12-9-16(4)15-11(12)3/h9,13-14,18H,5-8,10H2,1-4H3. The summed E-state index contributed by atoms with van der Waals surface area (Å²) in [5, 5.41) is 17.5. The summed E-state index contributed by atoms with van der Waals surface area (Å²) in [6.45, 7) is 10.3. The second-order valence-electron chi connectivity index (χ2n) is 4.68. The van der Waals surface area contributed by atoms with E-state index in [4.69, 9.17) is 0 Å². The van der Waals surface area contributed by atoms with Crippen LogP contribution in [0.25, 0.3) is 0 Å². The molecule has 1 atom stereocenters. The van der Waals surface area contributed by atoms with Gasteiger partial charge in [0.1, 0.15) is 0 Å². The Kier molecular flexibility index (Phi) is 6.32. The van der Waals surface area contributed by atoms with Gasteiger partial charge in [-0.05, 0) is 20.0 Å². The number of nitrogens with one attached hydrogen (secondary N) is 1. The lowest BCUT2D eigenvalue weighted by atomic mass is 10.2. The molecule has 1 unspecified atom stereocenters. The number of aromatic nitrogens is 2. The van der Waals surface area contributed by atoms with Crippen LogP contribution in [0.3, 0.4) is 0 Å². The van der Waals surface area contributed by atoms with Gasteiger partial charge in [-0.1, -0.05) is 13.8 Å². The Morgan fingerprint density at radius 2 is 2.11 bits per heavy atom. The van der Waals surface area contributed by atoms with Crippen LogP contribution < -0.4 is 5.32 Å². The Bertz CT molecular complexity index is 347. The largest absolute Gasteiger partial charge is 0.390 e. The van der Waals surface area contributed by atoms with Crippen molar-refractivity contribution in [3.8, 4) is 0 Å². The fourth-order valence-corrected chi connectivity index (χ4v) is 2.04. The Morgan fingerprint density at radius 1 is 1.44 bits per heavy atom. The summed E-state index contributed by atoms with van der Waals surface area (Å²) < 4.78 is 1.82. The van der Waals surface area contributed by atoms with Crippen LogP contribution >= 0.6 is 0 Å². The molecule has 2 N–H and O–H groups in total. The summed E-state index contributed by atoms with van der Waals surface area (Å²) >= 11 is 0. The highest BCUT2D eigenvalue weighted by atomic mass is 16.3. The Labute approximate surface area is 110 Å². The van der Waals surface area contributed by atoms with Gasteiger partial charge in [0.15, 0.2) is 0 Å². The molecule has 1 rings (SSSR count). The van der Waals surface area contributed by atoms with E-state index in [2.05, 4.69) is 29.2 Å². The number of aryl methyl sites for hydroxylation is 2. The third kappa shape index (κ3) is 4.76. The van der Waals surface area contributed by atoms with E-state index in [0.29, 0.717) is 6.54 Å². The van der Waals surface area contributed by atoms with Gasteiger partial charge in [-0.3, -0.25) is 4.68 Å². The maximum Gasteiger partial charge on any atom is 0.0791 e. The molecule has 0 aromatic carbocycles.